The molecule has 0 radical (unpaired) electrons. The quantitative estimate of drug-likeness (QED) is 0.0672. The van der Waals surface area contributed by atoms with Crippen molar-refractivity contribution in [2.45, 2.75) is 212 Å². The number of carbonyl (C=O) groups is 8. The van der Waals surface area contributed by atoms with Crippen LogP contribution in [0.2, 0.25) is 0 Å². The van der Waals surface area contributed by atoms with Gasteiger partial charge in [0.25, 0.3) is 11.7 Å². The molecule has 1 saturated carbocycles. The third kappa shape index (κ3) is 20.2. The van der Waals surface area contributed by atoms with Gasteiger partial charge in [0.2, 0.25) is 17.6 Å². The van der Waals surface area contributed by atoms with Crippen LogP contribution in [0.3, 0.4) is 0 Å². The number of amides is 2. The molecule has 4 aliphatic heterocycles. The molecule has 23 heteroatoms. The number of methoxy groups -OCH3 is 3. The van der Waals surface area contributed by atoms with Crippen LogP contribution < -0.4 is 4.90 Å². The van der Waals surface area contributed by atoms with Crippen LogP contribution >= 0.6 is 0 Å². The lowest BCUT2D eigenvalue weighted by Gasteiger charge is -2.42. The van der Waals surface area contributed by atoms with Gasteiger partial charge in [-0.25, -0.2) is 19.6 Å². The fourth-order valence-corrected chi connectivity index (χ4v) is 13.3. The predicted octanol–water partition coefficient (Wildman–Crippen LogP) is 6.68. The molecule has 0 aromatic carbocycles. The lowest BCUT2D eigenvalue weighted by Crippen LogP contribution is -2.61. The van der Waals surface area contributed by atoms with Crippen LogP contribution in [-0.2, 0) is 77.9 Å². The molecule has 0 unspecified atom stereocenters. The van der Waals surface area contributed by atoms with Gasteiger partial charge in [0, 0.05) is 97.0 Å². The molecule has 4 fully saturated rings. The number of aliphatic hydroxyl groups excluding tert-OH is 1. The van der Waals surface area contributed by atoms with Crippen molar-refractivity contribution in [3.8, 4) is 0 Å². The number of fused-ring (bicyclic) bond motifs is 3. The van der Waals surface area contributed by atoms with Crippen molar-refractivity contribution in [2.24, 2.45) is 35.5 Å². The van der Waals surface area contributed by atoms with E-state index in [2.05, 4.69) is 9.97 Å². The maximum Gasteiger partial charge on any atom is 0.329 e. The smallest absolute Gasteiger partial charge is 0.329 e. The van der Waals surface area contributed by atoms with Gasteiger partial charge in [0.15, 0.2) is 5.78 Å². The van der Waals surface area contributed by atoms with Crippen molar-refractivity contribution in [3.05, 3.63) is 65.6 Å². The number of carboxylic acids is 1. The van der Waals surface area contributed by atoms with E-state index < -0.39 is 114 Å². The summed E-state index contributed by atoms with van der Waals surface area (Å²) in [6.07, 6.45) is 13.4. The van der Waals surface area contributed by atoms with Gasteiger partial charge in [-0.15, -0.1) is 0 Å². The molecule has 16 atom stereocenters. The summed E-state index contributed by atoms with van der Waals surface area (Å²) in [5, 5.41) is 33.7. The summed E-state index contributed by atoms with van der Waals surface area (Å²) < 4.78 is 41.3. The Balaban J connectivity index is 1.16. The molecule has 2 amide bonds. The fraction of sp³-hybridized carbons (Fsp3) is 0.706. The number of rotatable bonds is 16. The van der Waals surface area contributed by atoms with Crippen LogP contribution in [0.1, 0.15) is 151 Å². The number of carboxylic acid groups (broad SMARTS) is 1. The molecule has 1 aromatic heterocycles. The van der Waals surface area contributed by atoms with E-state index in [1.165, 1.54) is 16.9 Å². The van der Waals surface area contributed by atoms with E-state index >= 15 is 0 Å². The average Bonchev–Trinajstić information content (AvgIpc) is 1.02. The summed E-state index contributed by atoms with van der Waals surface area (Å²) in [6, 6.07) is -2.30. The predicted molar refractivity (Wildman–Crippen MR) is 336 cm³/mol. The van der Waals surface area contributed by atoms with E-state index in [9.17, 15) is 53.7 Å². The van der Waals surface area contributed by atoms with Crippen LogP contribution in [0.15, 0.2) is 60.0 Å². The number of hydrogen-bond donors (Lipinski definition) is 3. The van der Waals surface area contributed by atoms with E-state index in [0.29, 0.717) is 88.0 Å². The van der Waals surface area contributed by atoms with E-state index in [-0.39, 0.29) is 94.1 Å². The van der Waals surface area contributed by atoms with Gasteiger partial charge in [-0.05, 0) is 126 Å². The second-order valence-corrected chi connectivity index (χ2v) is 25.8. The number of allylic oxidation sites excluding steroid dienone is 6. The molecule has 91 heavy (non-hydrogen) atoms. The standard InChI is InChI=1S/C68H101N5O18/c1-12-88-31-27-58(75)72-30-29-71(40-52(72)65(81)82)67-69-38-49(39-70-67)23-26-59(76)89-54-25-22-48(35-57(54)86-10)34-44(5)56-37-53(74)43(4)33-46(7)61(78)62(87-11)60(77)45(6)32-41(2)18-14-13-15-19-42(3)55(85-9)36-50-24-21-47(8)68(84,91-50)63(79)64(80)73-28-17-16-20-51(73)66(83)90-56/h13-15,18-19,33,38-39,41,43-45,47-48,50-52,54-57,61-62,78,84H,12,16-17,20-32,34-37,40H2,1-11H3,(H,81,82)/b15-13+,18-14+,42-19+,46-33+/t41-,43-,44-,45-,47-,48+,50+,51+,52-,54-,55+,56+,57-,61-,62+,68-/m1/s1. The lowest BCUT2D eigenvalue weighted by atomic mass is 9.78. The number of carbonyl (C=O) groups excluding carboxylic acids is 7. The molecule has 3 saturated heterocycles. The summed E-state index contributed by atoms with van der Waals surface area (Å²) >= 11 is 0. The maximum absolute atomic E-state index is 14.7. The summed E-state index contributed by atoms with van der Waals surface area (Å²) in [4.78, 5) is 124. The number of ether oxygens (including phenoxy) is 7. The average molecular weight is 1280 g/mol. The number of nitrogens with zero attached hydrogens (tertiary/aromatic N) is 5. The van der Waals surface area contributed by atoms with Gasteiger partial charge in [-0.2, -0.15) is 0 Å². The third-order valence-corrected chi connectivity index (χ3v) is 19.0. The monoisotopic (exact) mass is 1280 g/mol. The van der Waals surface area contributed by atoms with Crippen molar-refractivity contribution in [1.82, 2.24) is 19.8 Å². The molecule has 5 aliphatic rings. The molecule has 2 bridgehead atoms. The zero-order valence-electron chi connectivity index (χ0n) is 55.3. The molecule has 506 valence electrons. The first-order valence-corrected chi connectivity index (χ1v) is 32.7. The Kier molecular flexibility index (Phi) is 28.7. The first-order chi connectivity index (χ1) is 43.3. The van der Waals surface area contributed by atoms with E-state index in [4.69, 9.17) is 33.2 Å². The SMILES string of the molecule is CCOCCC(=O)N1CCN(c2ncc(CCC(=O)O[C@@H]3CC[C@@H](C[C@@H](C)[C@@H]4CC(=O)[C@H](C)/C=C(\C)[C@@H](O)[C@@H](OC)C(=O)[C@H](C)C[C@H](C)/C=C/C=C/C=C(\C)[C@@H](OC)C[C@@H]5CC[C@@H](C)[C@@](O)(O5)C(=O)C(=O)N5CCCC[C@H]5C(=O)O4)C[C@H]3OC)cn2)C[C@@H]1C(=O)O. The van der Waals surface area contributed by atoms with E-state index in [0.717, 1.165) is 5.57 Å². The summed E-state index contributed by atoms with van der Waals surface area (Å²) in [7, 11) is 4.47. The van der Waals surface area contributed by atoms with Crippen molar-refractivity contribution < 1.29 is 86.8 Å². The van der Waals surface area contributed by atoms with Crippen LogP contribution in [-0.4, -0.2) is 203 Å². The van der Waals surface area contributed by atoms with E-state index in [1.54, 1.807) is 65.3 Å². The Bertz CT molecular complexity index is 2770. The van der Waals surface area contributed by atoms with Gasteiger partial charge in [-0.3, -0.25) is 28.8 Å². The molecule has 0 spiro atoms. The highest BCUT2D eigenvalue weighted by atomic mass is 16.6. The zero-order chi connectivity index (χ0) is 66.7. The van der Waals surface area contributed by atoms with Crippen LogP contribution in [0.25, 0.3) is 0 Å². The molecule has 5 heterocycles. The number of piperidine rings is 1. The molecule has 1 aliphatic carbocycles. The lowest BCUT2D eigenvalue weighted by molar-refractivity contribution is -0.265. The minimum Gasteiger partial charge on any atom is -0.480 e. The van der Waals surface area contributed by atoms with Gasteiger partial charge in [0.05, 0.1) is 37.9 Å². The number of aromatic nitrogens is 2. The summed E-state index contributed by atoms with van der Waals surface area (Å²) in [5.41, 5.74) is 1.86. The number of aliphatic carboxylic acids is 1. The molecule has 1 aromatic rings. The van der Waals surface area contributed by atoms with Crippen molar-refractivity contribution in [3.63, 3.8) is 0 Å². The highest BCUT2D eigenvalue weighted by molar-refractivity contribution is 6.39. The topological polar surface area (TPSA) is 297 Å². The Morgan fingerprint density at radius 3 is 2.25 bits per heavy atom. The number of cyclic esters (lactones) is 1. The number of esters is 2. The summed E-state index contributed by atoms with van der Waals surface area (Å²) in [5.74, 6) is -10.3. The molecule has 6 rings (SSSR count). The molecule has 23 nitrogen and oxygen atoms in total. The highest BCUT2D eigenvalue weighted by Gasteiger charge is 2.53. The second kappa shape index (κ2) is 35.3. The number of ketones is 3. The number of aliphatic hydroxyl groups is 2. The third-order valence-electron chi connectivity index (χ3n) is 19.0. The van der Waals surface area contributed by atoms with Crippen molar-refractivity contribution >= 4 is 53.0 Å². The highest BCUT2D eigenvalue weighted by Crippen LogP contribution is 2.38. The first kappa shape index (κ1) is 74.0. The Morgan fingerprint density at radius 1 is 0.835 bits per heavy atom. The Hall–Kier alpha value is -6.08. The van der Waals surface area contributed by atoms with Gasteiger partial charge in [-0.1, -0.05) is 71.1 Å². The number of piperazine rings is 1. The van der Waals surface area contributed by atoms with Crippen LogP contribution in [0.5, 0.6) is 0 Å². The number of anilines is 1. The largest absolute Gasteiger partial charge is 0.480 e. The minimum absolute atomic E-state index is 0.00513. The van der Waals surface area contributed by atoms with Crippen LogP contribution in [0, 0.1) is 35.5 Å². The molecular weight excluding hydrogens is 1170 g/mol. The first-order valence-electron chi connectivity index (χ1n) is 32.7. The molecule has 3 N–H and O–H groups in total. The normalized spacial score (nSPS) is 33.9. The van der Waals surface area contributed by atoms with Crippen LogP contribution in [0.4, 0.5) is 5.95 Å². The maximum atomic E-state index is 14.7. The molecular formula is C68H101N5O18. The van der Waals surface area contributed by atoms with Gasteiger partial charge in [0.1, 0.15) is 42.3 Å². The summed E-state index contributed by atoms with van der Waals surface area (Å²) in [6.45, 7) is 15.6. The zero-order valence-corrected chi connectivity index (χ0v) is 55.3. The van der Waals surface area contributed by atoms with Crippen molar-refractivity contribution in [2.75, 3.05) is 65.6 Å². The van der Waals surface area contributed by atoms with Crippen molar-refractivity contribution in [1.29, 1.82) is 0 Å². The second-order valence-electron chi connectivity index (χ2n) is 25.8. The number of hydrogen-bond acceptors (Lipinski definition) is 20. The fourth-order valence-electron chi connectivity index (χ4n) is 13.3. The minimum atomic E-state index is -2.48. The van der Waals surface area contributed by atoms with Gasteiger partial charge < -0.3 is 63.2 Å². The van der Waals surface area contributed by atoms with Gasteiger partial charge >= 0.3 is 17.9 Å². The van der Waals surface area contributed by atoms with E-state index in [1.807, 2.05) is 58.1 Å². The number of Topliss-reactive ketones (excluding diaryl/α,β-unsaturated/α-hetero) is 3. The number of aryl methyl sites for hydroxylation is 1. The Morgan fingerprint density at radius 2 is 1.57 bits per heavy atom. The Labute approximate surface area is 536 Å².